The Labute approximate surface area is 329 Å². The molecule has 3 heterocycles. The summed E-state index contributed by atoms with van der Waals surface area (Å²) < 4.78 is 22.6. The maximum Gasteiger partial charge on any atom is 0.326 e. The van der Waals surface area contributed by atoms with E-state index in [1.54, 1.807) is 4.90 Å². The number of carbonyl (C=O) groups excluding carboxylic acids is 2. The number of likely N-dealkylation sites (tertiary alicyclic amines) is 1. The highest BCUT2D eigenvalue weighted by Crippen LogP contribution is 2.44. The number of fused-ring (bicyclic) bond motifs is 1. The monoisotopic (exact) mass is 775 g/mol. The van der Waals surface area contributed by atoms with E-state index in [1.807, 2.05) is 14.0 Å². The standard InChI is InChI=1S/C45H57N3O5Si2/c1-43(2,3)54(33-21-13-9-14-22-33,34-23-15-10-16-24-34)51-31-38-37(29-40(52-38)48-39-30-47(8)32-45(39,7)41(49)46-42(48)50)53-55(44(4,5)6,35-25-17-11-18-26-35)36-27-19-12-20-28-36/h9-28,37-40H,29-32H2,1-8H3,(H,46,49,50)/t37-,38+,39+,40+,45-/m0/s1. The van der Waals surface area contributed by atoms with Gasteiger partial charge in [0.05, 0.1) is 24.2 Å². The molecule has 0 aromatic heterocycles. The summed E-state index contributed by atoms with van der Waals surface area (Å²) in [5.41, 5.74) is -0.760. The van der Waals surface area contributed by atoms with Gasteiger partial charge in [-0.2, -0.15) is 0 Å². The maximum absolute atomic E-state index is 13.9. The van der Waals surface area contributed by atoms with Gasteiger partial charge in [0, 0.05) is 19.5 Å². The zero-order chi connectivity index (χ0) is 39.2. The van der Waals surface area contributed by atoms with E-state index in [4.69, 9.17) is 13.6 Å². The molecule has 3 fully saturated rings. The molecule has 0 radical (unpaired) electrons. The Morgan fingerprint density at radius 1 is 0.727 bits per heavy atom. The number of carbonyl (C=O) groups is 2. The number of amides is 3. The first-order chi connectivity index (χ1) is 26.1. The summed E-state index contributed by atoms with van der Waals surface area (Å²) in [6.45, 7) is 17.0. The largest absolute Gasteiger partial charge is 0.405 e. The van der Waals surface area contributed by atoms with Gasteiger partial charge in [0.25, 0.3) is 16.6 Å². The van der Waals surface area contributed by atoms with Gasteiger partial charge in [-0.15, -0.1) is 0 Å². The summed E-state index contributed by atoms with van der Waals surface area (Å²) >= 11 is 0. The molecule has 0 saturated carbocycles. The fraction of sp³-hybridized carbons (Fsp3) is 0.422. The van der Waals surface area contributed by atoms with Crippen LogP contribution in [0.4, 0.5) is 4.79 Å². The van der Waals surface area contributed by atoms with E-state index in [0.29, 0.717) is 19.5 Å². The molecule has 3 saturated heterocycles. The van der Waals surface area contributed by atoms with Gasteiger partial charge < -0.3 is 18.5 Å². The van der Waals surface area contributed by atoms with Crippen molar-refractivity contribution in [3.63, 3.8) is 0 Å². The quantitative estimate of drug-likeness (QED) is 0.215. The summed E-state index contributed by atoms with van der Waals surface area (Å²) in [5.74, 6) is -0.229. The molecule has 0 spiro atoms. The molecule has 4 aromatic carbocycles. The number of imide groups is 1. The summed E-state index contributed by atoms with van der Waals surface area (Å²) in [7, 11) is -4.02. The first-order valence-corrected chi connectivity index (χ1v) is 23.4. The van der Waals surface area contributed by atoms with Crippen molar-refractivity contribution in [3.05, 3.63) is 121 Å². The van der Waals surface area contributed by atoms with Gasteiger partial charge in [0.1, 0.15) is 12.3 Å². The maximum atomic E-state index is 13.9. The number of hydrogen-bond acceptors (Lipinski definition) is 6. The molecule has 55 heavy (non-hydrogen) atoms. The van der Waals surface area contributed by atoms with Crippen molar-refractivity contribution in [2.24, 2.45) is 5.41 Å². The normalized spacial score (nSPS) is 25.2. The van der Waals surface area contributed by atoms with Gasteiger partial charge in [-0.25, -0.2) is 4.79 Å². The molecule has 0 aliphatic carbocycles. The molecule has 3 aliphatic heterocycles. The second kappa shape index (κ2) is 14.9. The third kappa shape index (κ3) is 6.85. The highest BCUT2D eigenvalue weighted by atomic mass is 28.4. The number of nitrogens with one attached hydrogen (secondary N) is 1. The lowest BCUT2D eigenvalue weighted by Crippen LogP contribution is -2.69. The van der Waals surface area contributed by atoms with E-state index in [1.165, 1.54) is 20.7 Å². The summed E-state index contributed by atoms with van der Waals surface area (Å²) in [4.78, 5) is 31.2. The van der Waals surface area contributed by atoms with Crippen LogP contribution < -0.4 is 26.1 Å². The van der Waals surface area contributed by atoms with Crippen molar-refractivity contribution in [3.8, 4) is 0 Å². The Bertz CT molecular complexity index is 1880. The lowest BCUT2D eigenvalue weighted by molar-refractivity contribution is -0.139. The summed E-state index contributed by atoms with van der Waals surface area (Å²) in [5, 5.41) is 6.90. The number of hydrogen-bond donors (Lipinski definition) is 1. The second-order valence-electron chi connectivity index (χ2n) is 18.0. The van der Waals surface area contributed by atoms with E-state index < -0.39 is 46.5 Å². The average Bonchev–Trinajstić information content (AvgIpc) is 3.70. The minimum absolute atomic E-state index is 0.229. The van der Waals surface area contributed by atoms with Crippen LogP contribution >= 0.6 is 0 Å². The third-order valence-corrected chi connectivity index (χ3v) is 22.3. The minimum atomic E-state index is -3.06. The van der Waals surface area contributed by atoms with Crippen LogP contribution in [-0.2, 0) is 18.4 Å². The van der Waals surface area contributed by atoms with Crippen LogP contribution in [0.1, 0.15) is 54.9 Å². The highest BCUT2D eigenvalue weighted by Gasteiger charge is 2.60. The van der Waals surface area contributed by atoms with Gasteiger partial charge in [-0.1, -0.05) is 163 Å². The molecule has 5 atom stereocenters. The number of rotatable bonds is 10. The Morgan fingerprint density at radius 2 is 1.16 bits per heavy atom. The van der Waals surface area contributed by atoms with Crippen LogP contribution in [0.25, 0.3) is 0 Å². The zero-order valence-corrected chi connectivity index (χ0v) is 35.6. The molecule has 10 heteroatoms. The molecule has 7 rings (SSSR count). The molecule has 8 nitrogen and oxygen atoms in total. The van der Waals surface area contributed by atoms with E-state index in [9.17, 15) is 9.59 Å². The van der Waals surface area contributed by atoms with Crippen molar-refractivity contribution in [1.29, 1.82) is 0 Å². The van der Waals surface area contributed by atoms with Crippen molar-refractivity contribution in [2.45, 2.75) is 89.4 Å². The Balaban J connectivity index is 1.35. The molecule has 1 N–H and O–H groups in total. The van der Waals surface area contributed by atoms with Crippen LogP contribution in [0.5, 0.6) is 0 Å². The Morgan fingerprint density at radius 3 is 1.60 bits per heavy atom. The van der Waals surface area contributed by atoms with Crippen LogP contribution in [0.15, 0.2) is 121 Å². The predicted octanol–water partition coefficient (Wildman–Crippen LogP) is 5.50. The van der Waals surface area contributed by atoms with Gasteiger partial charge in [0.2, 0.25) is 5.91 Å². The van der Waals surface area contributed by atoms with E-state index >= 15 is 0 Å². The van der Waals surface area contributed by atoms with Crippen molar-refractivity contribution in [2.75, 3.05) is 26.7 Å². The molecule has 3 amide bonds. The van der Waals surface area contributed by atoms with Gasteiger partial charge in [-0.05, 0) is 44.8 Å². The molecule has 3 aliphatic rings. The highest BCUT2D eigenvalue weighted by molar-refractivity contribution is 7.00. The molecule has 0 unspecified atom stereocenters. The van der Waals surface area contributed by atoms with Gasteiger partial charge >= 0.3 is 6.03 Å². The number of likely N-dealkylation sites (N-methyl/N-ethyl adjacent to an activating group) is 1. The van der Waals surface area contributed by atoms with Crippen LogP contribution in [-0.4, -0.2) is 89.6 Å². The fourth-order valence-electron chi connectivity index (χ4n) is 9.66. The molecule has 0 bridgehead atoms. The smallest absolute Gasteiger partial charge is 0.326 e. The lowest BCUT2D eigenvalue weighted by Gasteiger charge is -2.46. The van der Waals surface area contributed by atoms with Gasteiger partial charge in [0.15, 0.2) is 0 Å². The van der Waals surface area contributed by atoms with Crippen LogP contribution in [0.2, 0.25) is 10.1 Å². The molecule has 290 valence electrons. The molecule has 4 aromatic rings. The third-order valence-electron chi connectivity index (χ3n) is 12.2. The minimum Gasteiger partial charge on any atom is -0.405 e. The van der Waals surface area contributed by atoms with Crippen LogP contribution in [0, 0.1) is 5.41 Å². The molecular formula is C45H57N3O5Si2. The summed E-state index contributed by atoms with van der Waals surface area (Å²) in [6.07, 6.45) is -1.12. The van der Waals surface area contributed by atoms with E-state index in [0.717, 1.165) is 0 Å². The first kappa shape index (κ1) is 39.3. The predicted molar refractivity (Wildman–Crippen MR) is 224 cm³/mol. The number of nitrogens with zero attached hydrogens (tertiary/aromatic N) is 2. The zero-order valence-electron chi connectivity index (χ0n) is 33.6. The Hall–Kier alpha value is -3.91. The first-order valence-electron chi connectivity index (χ1n) is 19.6. The second-order valence-corrected chi connectivity index (χ2v) is 26.5. The number of ether oxygens (including phenoxy) is 1. The number of benzene rings is 4. The number of urea groups is 1. The SMILES string of the molecule is CN1C[C@H]2N([C@H]3C[C@H](O[Si](c4ccccc4)(c4ccccc4)C(C)(C)C)[C@@H](CO[Si](c4ccccc4)(c4ccccc4)C(C)(C)C)O3)C(=O)NC(=O)[C@@]2(C)C1. The summed E-state index contributed by atoms with van der Waals surface area (Å²) in [6, 6.07) is 41.8. The van der Waals surface area contributed by atoms with Crippen molar-refractivity contribution in [1.82, 2.24) is 15.1 Å². The molecular weight excluding hydrogens is 719 g/mol. The fourth-order valence-corrected chi connectivity index (χ4v) is 18.9. The Kier molecular flexibility index (Phi) is 10.6. The van der Waals surface area contributed by atoms with Gasteiger partial charge in [-0.3, -0.25) is 15.0 Å². The van der Waals surface area contributed by atoms with E-state index in [2.05, 4.69) is 173 Å². The topological polar surface area (TPSA) is 80.3 Å². The van der Waals surface area contributed by atoms with E-state index in [-0.39, 0.29) is 28.6 Å². The average molecular weight is 776 g/mol. The van der Waals surface area contributed by atoms with Crippen molar-refractivity contribution >= 4 is 49.3 Å². The van der Waals surface area contributed by atoms with Crippen molar-refractivity contribution < 1.29 is 23.2 Å². The van der Waals surface area contributed by atoms with Crippen LogP contribution in [0.3, 0.4) is 0 Å². The lowest BCUT2D eigenvalue weighted by atomic mass is 9.81.